The van der Waals surface area contributed by atoms with Crippen LogP contribution in [0.25, 0.3) is 0 Å². The van der Waals surface area contributed by atoms with Crippen LogP contribution in [0.15, 0.2) is 18.2 Å². The number of aldehydes is 1. The summed E-state index contributed by atoms with van der Waals surface area (Å²) in [6.07, 6.45) is 1.89. The van der Waals surface area contributed by atoms with Gasteiger partial charge in [-0.15, -0.1) is 0 Å². The van der Waals surface area contributed by atoms with E-state index >= 15 is 0 Å². The Bertz CT molecular complexity index is 335. The van der Waals surface area contributed by atoms with E-state index in [1.165, 1.54) is 5.56 Å². The number of hydrogen-bond acceptors (Lipinski definition) is 3. The van der Waals surface area contributed by atoms with Crippen LogP contribution < -0.4 is 10.1 Å². The molecule has 1 unspecified atom stereocenters. The van der Waals surface area contributed by atoms with Gasteiger partial charge in [0.1, 0.15) is 12.0 Å². The first-order valence-electron chi connectivity index (χ1n) is 4.71. The third kappa shape index (κ3) is 1.40. The number of nitrogens with one attached hydrogen (secondary N) is 1. The van der Waals surface area contributed by atoms with Crippen LogP contribution in [0.2, 0.25) is 0 Å². The van der Waals surface area contributed by atoms with Gasteiger partial charge in [-0.1, -0.05) is 12.1 Å². The van der Waals surface area contributed by atoms with E-state index in [9.17, 15) is 4.79 Å². The first-order chi connectivity index (χ1) is 6.86. The van der Waals surface area contributed by atoms with Gasteiger partial charge in [-0.2, -0.15) is 0 Å². The Labute approximate surface area is 83.1 Å². The summed E-state index contributed by atoms with van der Waals surface area (Å²) in [6.45, 7) is 0.851. The molecule has 74 valence electrons. The lowest BCUT2D eigenvalue weighted by Gasteiger charge is -2.24. The molecular formula is C11H13NO2. The van der Waals surface area contributed by atoms with Gasteiger partial charge in [0.15, 0.2) is 0 Å². The van der Waals surface area contributed by atoms with Gasteiger partial charge in [0.2, 0.25) is 0 Å². The molecular weight excluding hydrogens is 178 g/mol. The first kappa shape index (κ1) is 9.21. The minimum absolute atomic E-state index is 0.213. The SMILES string of the molecule is COc1cccc2c1C(C=O)NCC2. The van der Waals surface area contributed by atoms with Crippen molar-refractivity contribution in [2.45, 2.75) is 12.5 Å². The van der Waals surface area contributed by atoms with E-state index in [1.54, 1.807) is 7.11 Å². The second kappa shape index (κ2) is 3.80. The zero-order chi connectivity index (χ0) is 9.97. The molecule has 0 spiro atoms. The van der Waals surface area contributed by atoms with E-state index in [4.69, 9.17) is 4.74 Å². The van der Waals surface area contributed by atoms with Crippen LogP contribution in [0.4, 0.5) is 0 Å². The van der Waals surface area contributed by atoms with E-state index in [1.807, 2.05) is 12.1 Å². The number of ether oxygens (including phenoxy) is 1. The Morgan fingerprint density at radius 1 is 1.57 bits per heavy atom. The number of rotatable bonds is 2. The molecule has 0 fully saturated rings. The molecule has 0 aromatic heterocycles. The maximum absolute atomic E-state index is 10.9. The van der Waals surface area contributed by atoms with Crippen molar-refractivity contribution >= 4 is 6.29 Å². The van der Waals surface area contributed by atoms with Crippen LogP contribution in [-0.4, -0.2) is 19.9 Å². The number of carbonyl (C=O) groups excluding carboxylic acids is 1. The Morgan fingerprint density at radius 2 is 2.43 bits per heavy atom. The fourth-order valence-corrected chi connectivity index (χ4v) is 1.92. The molecule has 3 heteroatoms. The van der Waals surface area contributed by atoms with Crippen molar-refractivity contribution in [3.8, 4) is 5.75 Å². The predicted molar refractivity (Wildman–Crippen MR) is 53.5 cm³/mol. The lowest BCUT2D eigenvalue weighted by molar-refractivity contribution is -0.109. The summed E-state index contributed by atoms with van der Waals surface area (Å²) < 4.78 is 5.25. The molecule has 1 heterocycles. The molecule has 1 aliphatic heterocycles. The zero-order valence-corrected chi connectivity index (χ0v) is 8.12. The quantitative estimate of drug-likeness (QED) is 0.711. The minimum Gasteiger partial charge on any atom is -0.496 e. The highest BCUT2D eigenvalue weighted by Crippen LogP contribution is 2.30. The third-order valence-electron chi connectivity index (χ3n) is 2.58. The third-order valence-corrected chi connectivity index (χ3v) is 2.58. The van der Waals surface area contributed by atoms with Crippen molar-refractivity contribution < 1.29 is 9.53 Å². The number of benzene rings is 1. The van der Waals surface area contributed by atoms with E-state index in [2.05, 4.69) is 11.4 Å². The predicted octanol–water partition coefficient (Wildman–Crippen LogP) is 1.08. The molecule has 0 radical (unpaired) electrons. The highest BCUT2D eigenvalue weighted by molar-refractivity contribution is 5.66. The average molecular weight is 191 g/mol. The molecule has 1 N–H and O–H groups in total. The van der Waals surface area contributed by atoms with Gasteiger partial charge in [0, 0.05) is 12.1 Å². The summed E-state index contributed by atoms with van der Waals surface area (Å²) in [6, 6.07) is 5.69. The van der Waals surface area contributed by atoms with Crippen LogP contribution in [-0.2, 0) is 11.2 Å². The molecule has 0 bridgehead atoms. The molecule has 0 aliphatic carbocycles. The Balaban J connectivity index is 2.51. The largest absolute Gasteiger partial charge is 0.496 e. The molecule has 1 aromatic rings. The Morgan fingerprint density at radius 3 is 3.14 bits per heavy atom. The normalized spacial score (nSPS) is 19.9. The molecule has 14 heavy (non-hydrogen) atoms. The van der Waals surface area contributed by atoms with Gasteiger partial charge in [0.25, 0.3) is 0 Å². The van der Waals surface area contributed by atoms with E-state index < -0.39 is 0 Å². The molecule has 1 aliphatic rings. The van der Waals surface area contributed by atoms with Gasteiger partial charge < -0.3 is 14.8 Å². The van der Waals surface area contributed by atoms with Crippen LogP contribution in [0, 0.1) is 0 Å². The summed E-state index contributed by atoms with van der Waals surface area (Å²) in [5, 5.41) is 3.15. The number of fused-ring (bicyclic) bond motifs is 1. The topological polar surface area (TPSA) is 38.3 Å². The Hall–Kier alpha value is -1.35. The molecule has 3 nitrogen and oxygen atoms in total. The molecule has 1 atom stereocenters. The smallest absolute Gasteiger partial charge is 0.141 e. The highest BCUT2D eigenvalue weighted by Gasteiger charge is 2.22. The van der Waals surface area contributed by atoms with E-state index in [-0.39, 0.29) is 6.04 Å². The lowest BCUT2D eigenvalue weighted by Crippen LogP contribution is -2.31. The van der Waals surface area contributed by atoms with Crippen LogP contribution in [0.5, 0.6) is 5.75 Å². The van der Waals surface area contributed by atoms with Crippen molar-refractivity contribution in [2.24, 2.45) is 0 Å². The van der Waals surface area contributed by atoms with Crippen molar-refractivity contribution in [2.75, 3.05) is 13.7 Å². The van der Waals surface area contributed by atoms with Crippen molar-refractivity contribution in [3.05, 3.63) is 29.3 Å². The summed E-state index contributed by atoms with van der Waals surface area (Å²) in [5.41, 5.74) is 2.21. The van der Waals surface area contributed by atoms with Crippen LogP contribution >= 0.6 is 0 Å². The van der Waals surface area contributed by atoms with Gasteiger partial charge in [0.05, 0.1) is 13.2 Å². The van der Waals surface area contributed by atoms with Gasteiger partial charge in [-0.25, -0.2) is 0 Å². The molecule has 2 rings (SSSR count). The summed E-state index contributed by atoms with van der Waals surface area (Å²) in [7, 11) is 1.63. The average Bonchev–Trinajstić information content (AvgIpc) is 2.27. The van der Waals surface area contributed by atoms with Crippen molar-refractivity contribution in [1.82, 2.24) is 5.32 Å². The summed E-state index contributed by atoms with van der Waals surface area (Å²) in [5.74, 6) is 0.798. The standard InChI is InChI=1S/C11H13NO2/c1-14-10-4-2-3-8-5-6-12-9(7-13)11(8)10/h2-4,7,9,12H,5-6H2,1H3. The second-order valence-electron chi connectivity index (χ2n) is 3.35. The fourth-order valence-electron chi connectivity index (χ4n) is 1.92. The monoisotopic (exact) mass is 191 g/mol. The maximum Gasteiger partial charge on any atom is 0.141 e. The van der Waals surface area contributed by atoms with E-state index in [0.717, 1.165) is 30.6 Å². The van der Waals surface area contributed by atoms with Crippen LogP contribution in [0.1, 0.15) is 17.2 Å². The number of methoxy groups -OCH3 is 1. The van der Waals surface area contributed by atoms with Crippen molar-refractivity contribution in [1.29, 1.82) is 0 Å². The maximum atomic E-state index is 10.9. The van der Waals surface area contributed by atoms with Gasteiger partial charge in [-0.3, -0.25) is 0 Å². The number of carbonyl (C=O) groups is 1. The highest BCUT2D eigenvalue weighted by atomic mass is 16.5. The van der Waals surface area contributed by atoms with E-state index in [0.29, 0.717) is 0 Å². The molecule has 0 saturated carbocycles. The van der Waals surface area contributed by atoms with Gasteiger partial charge >= 0.3 is 0 Å². The summed E-state index contributed by atoms with van der Waals surface area (Å²) in [4.78, 5) is 10.9. The zero-order valence-electron chi connectivity index (χ0n) is 8.12. The molecule has 1 aromatic carbocycles. The molecule has 0 saturated heterocycles. The molecule has 0 amide bonds. The first-order valence-corrected chi connectivity index (χ1v) is 4.71. The fraction of sp³-hybridized carbons (Fsp3) is 0.364. The minimum atomic E-state index is -0.213. The lowest BCUT2D eigenvalue weighted by atomic mass is 9.94. The summed E-state index contributed by atoms with van der Waals surface area (Å²) >= 11 is 0. The van der Waals surface area contributed by atoms with Crippen molar-refractivity contribution in [3.63, 3.8) is 0 Å². The van der Waals surface area contributed by atoms with Gasteiger partial charge in [-0.05, 0) is 18.1 Å². The second-order valence-corrected chi connectivity index (χ2v) is 3.35. The Kier molecular flexibility index (Phi) is 2.50. The van der Waals surface area contributed by atoms with Crippen LogP contribution in [0.3, 0.4) is 0 Å². The number of hydrogen-bond donors (Lipinski definition) is 1.